The van der Waals surface area contributed by atoms with Gasteiger partial charge in [-0.2, -0.15) is 0 Å². The highest BCUT2D eigenvalue weighted by Crippen LogP contribution is 2.13. The van der Waals surface area contributed by atoms with Crippen molar-refractivity contribution in [3.63, 3.8) is 0 Å². The summed E-state index contributed by atoms with van der Waals surface area (Å²) in [6.07, 6.45) is 3.39. The molecule has 7 heteroatoms. The number of hydrogen-bond acceptors (Lipinski definition) is 6. The number of nitrogens with one attached hydrogen (secondary N) is 3. The molecule has 0 spiro atoms. The number of aromatic nitrogens is 2. The normalized spacial score (nSPS) is 10.4. The van der Waals surface area contributed by atoms with Gasteiger partial charge in [-0.25, -0.2) is 9.97 Å². The number of benzene rings is 1. The van der Waals surface area contributed by atoms with Crippen molar-refractivity contribution in [2.45, 2.75) is 40.0 Å². The van der Waals surface area contributed by atoms with Crippen LogP contribution >= 0.6 is 0 Å². The molecule has 28 heavy (non-hydrogen) atoms. The van der Waals surface area contributed by atoms with E-state index in [1.807, 2.05) is 32.0 Å². The van der Waals surface area contributed by atoms with Crippen molar-refractivity contribution in [1.29, 1.82) is 0 Å². The third-order valence-corrected chi connectivity index (χ3v) is 4.05. The number of hydrogen-bond donors (Lipinski definition) is 3. The largest absolute Gasteiger partial charge is 0.494 e. The average Bonchev–Trinajstić information content (AvgIpc) is 2.69. The van der Waals surface area contributed by atoms with E-state index in [0.29, 0.717) is 31.1 Å². The quantitative estimate of drug-likeness (QED) is 0.484. The molecule has 0 radical (unpaired) electrons. The fourth-order valence-electron chi connectivity index (χ4n) is 2.64. The summed E-state index contributed by atoms with van der Waals surface area (Å²) in [6, 6.07) is 9.11. The van der Waals surface area contributed by atoms with Gasteiger partial charge in [0.05, 0.1) is 6.61 Å². The van der Waals surface area contributed by atoms with Gasteiger partial charge in [0.2, 0.25) is 0 Å². The number of unbranched alkanes of at least 4 members (excludes halogenated alkanes) is 2. The monoisotopic (exact) mass is 385 g/mol. The van der Waals surface area contributed by atoms with E-state index in [9.17, 15) is 4.79 Å². The van der Waals surface area contributed by atoms with Crippen LogP contribution in [-0.4, -0.2) is 42.1 Å². The molecule has 0 fully saturated rings. The summed E-state index contributed by atoms with van der Waals surface area (Å²) in [6.45, 7) is 8.62. The van der Waals surface area contributed by atoms with Gasteiger partial charge in [0.1, 0.15) is 23.2 Å². The molecule has 0 aliphatic carbocycles. The van der Waals surface area contributed by atoms with Crippen LogP contribution in [0.3, 0.4) is 0 Å². The zero-order valence-electron chi connectivity index (χ0n) is 17.0. The summed E-state index contributed by atoms with van der Waals surface area (Å²) in [7, 11) is 0. The third-order valence-electron chi connectivity index (χ3n) is 4.05. The predicted molar refractivity (Wildman–Crippen MR) is 113 cm³/mol. The minimum Gasteiger partial charge on any atom is -0.494 e. The Morgan fingerprint density at radius 3 is 2.39 bits per heavy atom. The first-order valence-corrected chi connectivity index (χ1v) is 9.96. The molecule has 0 saturated heterocycles. The highest BCUT2D eigenvalue weighted by molar-refractivity contribution is 5.94. The molecule has 1 aromatic carbocycles. The second-order valence-corrected chi connectivity index (χ2v) is 6.48. The Morgan fingerprint density at radius 2 is 1.71 bits per heavy atom. The van der Waals surface area contributed by atoms with Gasteiger partial charge < -0.3 is 20.7 Å². The van der Waals surface area contributed by atoms with E-state index in [1.165, 1.54) is 12.8 Å². The lowest BCUT2D eigenvalue weighted by Gasteiger charge is -2.10. The van der Waals surface area contributed by atoms with E-state index in [1.54, 1.807) is 12.1 Å². The Kier molecular flexibility index (Phi) is 9.04. The van der Waals surface area contributed by atoms with E-state index < -0.39 is 0 Å². The van der Waals surface area contributed by atoms with E-state index in [4.69, 9.17) is 4.74 Å². The number of aryl methyl sites for hydroxylation is 1. The van der Waals surface area contributed by atoms with Crippen LogP contribution in [0.5, 0.6) is 5.75 Å². The fourth-order valence-corrected chi connectivity index (χ4v) is 2.64. The van der Waals surface area contributed by atoms with Gasteiger partial charge in [0, 0.05) is 31.3 Å². The zero-order chi connectivity index (χ0) is 20.2. The van der Waals surface area contributed by atoms with Crippen molar-refractivity contribution >= 4 is 17.5 Å². The summed E-state index contributed by atoms with van der Waals surface area (Å²) < 4.78 is 5.67. The van der Waals surface area contributed by atoms with Crippen molar-refractivity contribution < 1.29 is 9.53 Å². The summed E-state index contributed by atoms with van der Waals surface area (Å²) in [4.78, 5) is 20.9. The highest BCUT2D eigenvalue weighted by atomic mass is 16.5. The molecular formula is C21H31N5O2. The number of carbonyl (C=O) groups excluding carboxylic acids is 1. The Hall–Kier alpha value is -2.83. The number of anilines is 2. The van der Waals surface area contributed by atoms with Gasteiger partial charge in [-0.05, 0) is 44.5 Å². The van der Waals surface area contributed by atoms with Crippen molar-refractivity contribution in [1.82, 2.24) is 15.3 Å². The molecule has 0 aliphatic rings. The molecule has 152 valence electrons. The van der Waals surface area contributed by atoms with Gasteiger partial charge in [-0.15, -0.1) is 0 Å². The summed E-state index contributed by atoms with van der Waals surface area (Å²) in [5.74, 6) is 2.92. The molecule has 1 aromatic heterocycles. The SMILES string of the molecule is CCCCCOc1ccc(C(=O)NCCNc2cc(NCC)nc(C)n2)cc1. The Labute approximate surface area is 167 Å². The van der Waals surface area contributed by atoms with E-state index in [0.717, 1.165) is 30.4 Å². The number of nitrogens with zero attached hydrogens (tertiary/aromatic N) is 2. The van der Waals surface area contributed by atoms with E-state index in [2.05, 4.69) is 32.8 Å². The topological polar surface area (TPSA) is 88.2 Å². The third kappa shape index (κ3) is 7.42. The predicted octanol–water partition coefficient (Wildman–Crippen LogP) is 3.63. The maximum absolute atomic E-state index is 12.2. The van der Waals surface area contributed by atoms with E-state index >= 15 is 0 Å². The molecule has 7 nitrogen and oxygen atoms in total. The first-order valence-electron chi connectivity index (χ1n) is 9.96. The maximum Gasteiger partial charge on any atom is 0.251 e. The first-order chi connectivity index (χ1) is 13.6. The van der Waals surface area contributed by atoms with Crippen LogP contribution < -0.4 is 20.7 Å². The molecule has 2 aromatic rings. The molecule has 1 heterocycles. The lowest BCUT2D eigenvalue weighted by atomic mass is 10.2. The van der Waals surface area contributed by atoms with Crippen molar-refractivity contribution in [2.24, 2.45) is 0 Å². The number of carbonyl (C=O) groups is 1. The number of amides is 1. The molecule has 0 aliphatic heterocycles. The Bertz CT molecular complexity index is 734. The zero-order valence-corrected chi connectivity index (χ0v) is 17.0. The second-order valence-electron chi connectivity index (χ2n) is 6.48. The fraction of sp³-hybridized carbons (Fsp3) is 0.476. The number of ether oxygens (including phenoxy) is 1. The second kappa shape index (κ2) is 11.8. The Morgan fingerprint density at radius 1 is 1.00 bits per heavy atom. The minimum atomic E-state index is -0.105. The lowest BCUT2D eigenvalue weighted by molar-refractivity contribution is 0.0955. The van der Waals surface area contributed by atoms with Crippen LogP contribution in [0.1, 0.15) is 49.3 Å². The van der Waals surface area contributed by atoms with Gasteiger partial charge in [-0.3, -0.25) is 4.79 Å². The summed E-state index contributed by atoms with van der Waals surface area (Å²) in [5, 5.41) is 9.28. The van der Waals surface area contributed by atoms with Gasteiger partial charge >= 0.3 is 0 Å². The molecule has 3 N–H and O–H groups in total. The smallest absolute Gasteiger partial charge is 0.251 e. The van der Waals surface area contributed by atoms with Crippen LogP contribution in [0, 0.1) is 6.92 Å². The number of rotatable bonds is 12. The molecule has 0 bridgehead atoms. The lowest BCUT2D eigenvalue weighted by Crippen LogP contribution is -2.28. The maximum atomic E-state index is 12.2. The van der Waals surface area contributed by atoms with Crippen molar-refractivity contribution in [3.8, 4) is 5.75 Å². The van der Waals surface area contributed by atoms with Gasteiger partial charge in [-0.1, -0.05) is 19.8 Å². The summed E-state index contributed by atoms with van der Waals surface area (Å²) >= 11 is 0. The van der Waals surface area contributed by atoms with Crippen molar-refractivity contribution in [2.75, 3.05) is 36.9 Å². The average molecular weight is 386 g/mol. The van der Waals surface area contributed by atoms with Gasteiger partial charge in [0.25, 0.3) is 5.91 Å². The molecular weight excluding hydrogens is 354 g/mol. The van der Waals surface area contributed by atoms with Crippen molar-refractivity contribution in [3.05, 3.63) is 41.7 Å². The molecule has 2 rings (SSSR count). The summed E-state index contributed by atoms with van der Waals surface area (Å²) in [5.41, 5.74) is 0.619. The molecule has 1 amide bonds. The first kappa shape index (κ1) is 21.5. The molecule has 0 unspecified atom stereocenters. The minimum absolute atomic E-state index is 0.105. The van der Waals surface area contributed by atoms with Gasteiger partial charge in [0.15, 0.2) is 0 Å². The Balaban J connectivity index is 1.73. The van der Waals surface area contributed by atoms with Crippen LogP contribution in [0.15, 0.2) is 30.3 Å². The standard InChI is InChI=1S/C21H31N5O2/c1-4-6-7-14-28-18-10-8-17(9-11-18)21(27)24-13-12-23-20-15-19(22-5-2)25-16(3)26-20/h8-11,15H,4-7,12-14H2,1-3H3,(H,24,27)(H2,22,23,25,26). The molecule has 0 atom stereocenters. The van der Waals surface area contributed by atoms with Crippen LogP contribution in [0.4, 0.5) is 11.6 Å². The van der Waals surface area contributed by atoms with Crippen LogP contribution in [0.2, 0.25) is 0 Å². The molecule has 0 saturated carbocycles. The van der Waals surface area contributed by atoms with Crippen LogP contribution in [0.25, 0.3) is 0 Å². The van der Waals surface area contributed by atoms with Crippen LogP contribution in [-0.2, 0) is 0 Å². The van der Waals surface area contributed by atoms with E-state index in [-0.39, 0.29) is 5.91 Å². The highest BCUT2D eigenvalue weighted by Gasteiger charge is 2.06.